The maximum absolute atomic E-state index is 13.0. The van der Waals surface area contributed by atoms with Crippen LogP contribution in [-0.2, 0) is 16.1 Å². The zero-order valence-corrected chi connectivity index (χ0v) is 19.8. The second-order valence-electron chi connectivity index (χ2n) is 10.3. The monoisotopic (exact) mass is 473 g/mol. The number of carbonyl (C=O) groups is 3. The number of piperidine rings is 1. The van der Waals surface area contributed by atoms with Gasteiger partial charge < -0.3 is 9.64 Å². The van der Waals surface area contributed by atoms with Gasteiger partial charge in [0, 0.05) is 31.1 Å². The molecule has 4 atom stereocenters. The molecule has 0 aromatic heterocycles. The zero-order chi connectivity index (χ0) is 23.9. The molecule has 0 spiro atoms. The highest BCUT2D eigenvalue weighted by Gasteiger charge is 2.40. The van der Waals surface area contributed by atoms with Crippen LogP contribution >= 0.6 is 0 Å². The Labute approximate surface area is 205 Å². The second kappa shape index (κ2) is 9.11. The number of hydrogen-bond donors (Lipinski definition) is 1. The molecule has 1 saturated carbocycles. The number of hydrogen-bond acceptors (Lipinski definition) is 5. The van der Waals surface area contributed by atoms with E-state index in [4.69, 9.17) is 4.74 Å². The summed E-state index contributed by atoms with van der Waals surface area (Å²) in [6, 6.07) is 16.3. The third-order valence-electron chi connectivity index (χ3n) is 8.16. The molecule has 35 heavy (non-hydrogen) atoms. The van der Waals surface area contributed by atoms with E-state index in [0.29, 0.717) is 30.5 Å². The van der Waals surface area contributed by atoms with E-state index >= 15 is 0 Å². The van der Waals surface area contributed by atoms with Crippen molar-refractivity contribution in [3.05, 3.63) is 65.2 Å². The minimum absolute atomic E-state index is 0.144. The van der Waals surface area contributed by atoms with Gasteiger partial charge in [0.25, 0.3) is 5.91 Å². The van der Waals surface area contributed by atoms with Crippen LogP contribution in [0.2, 0.25) is 0 Å². The Bertz CT molecular complexity index is 1150. The Hall–Kier alpha value is -3.19. The Morgan fingerprint density at radius 3 is 2.63 bits per heavy atom. The molecule has 3 heterocycles. The third-order valence-corrected chi connectivity index (χ3v) is 8.16. The summed E-state index contributed by atoms with van der Waals surface area (Å²) in [6.07, 6.45) is 5.31. The van der Waals surface area contributed by atoms with Crippen LogP contribution < -0.4 is 10.1 Å². The highest BCUT2D eigenvalue weighted by atomic mass is 16.5. The van der Waals surface area contributed by atoms with Gasteiger partial charge in [-0.15, -0.1) is 0 Å². The average Bonchev–Trinajstić information content (AvgIpc) is 3.59. The summed E-state index contributed by atoms with van der Waals surface area (Å²) < 4.78 is 6.52. The first kappa shape index (κ1) is 22.3. The molecule has 182 valence electrons. The largest absolute Gasteiger partial charge is 0.489 e. The van der Waals surface area contributed by atoms with Crippen LogP contribution in [-0.4, -0.2) is 58.8 Å². The summed E-state index contributed by atoms with van der Waals surface area (Å²) in [5.74, 6) is 0.570. The Kier molecular flexibility index (Phi) is 5.80. The highest BCUT2D eigenvalue weighted by molar-refractivity contribution is 6.05. The molecule has 7 heteroatoms. The van der Waals surface area contributed by atoms with E-state index in [0.717, 1.165) is 43.7 Å². The van der Waals surface area contributed by atoms with Crippen LogP contribution in [0.5, 0.6) is 5.75 Å². The molecule has 1 unspecified atom stereocenters. The fourth-order valence-electron chi connectivity index (χ4n) is 6.35. The summed E-state index contributed by atoms with van der Waals surface area (Å²) in [4.78, 5) is 41.0. The molecule has 3 aliphatic heterocycles. The minimum atomic E-state index is -0.594. The Morgan fingerprint density at radius 2 is 1.80 bits per heavy atom. The first-order valence-electron chi connectivity index (χ1n) is 12.8. The van der Waals surface area contributed by atoms with Crippen molar-refractivity contribution in [3.8, 4) is 5.75 Å². The first-order chi connectivity index (χ1) is 17.1. The number of nitrogens with one attached hydrogen (secondary N) is 1. The number of imide groups is 1. The Morgan fingerprint density at radius 1 is 0.943 bits per heavy atom. The predicted molar refractivity (Wildman–Crippen MR) is 130 cm³/mol. The average molecular weight is 474 g/mol. The predicted octanol–water partition coefficient (Wildman–Crippen LogP) is 3.24. The lowest BCUT2D eigenvalue weighted by Crippen LogP contribution is -2.52. The molecule has 1 N–H and O–H groups in total. The molecule has 2 saturated heterocycles. The zero-order valence-electron chi connectivity index (χ0n) is 19.8. The maximum atomic E-state index is 13.0. The van der Waals surface area contributed by atoms with Crippen LogP contribution in [0, 0.1) is 0 Å². The molecule has 3 fully saturated rings. The standard InChI is InChI=1S/C28H31N3O4/c32-26-12-11-24(27(33)29-26)31-17-20-15-21(9-10-22(20)28(31)34)35-25-8-4-7-23(25)30-14-13-19(16-30)18-5-2-1-3-6-18/h1-3,5-6,9-10,15,19,23-25H,4,7-8,11-14,16-17H2,(H,29,32,33)/t19-,23-,24?,25+/m1/s1. The summed E-state index contributed by atoms with van der Waals surface area (Å²) >= 11 is 0. The highest BCUT2D eigenvalue weighted by Crippen LogP contribution is 2.36. The molecule has 2 aromatic carbocycles. The van der Waals surface area contributed by atoms with Crippen LogP contribution in [0.15, 0.2) is 48.5 Å². The molecule has 4 aliphatic rings. The molecule has 3 amide bonds. The van der Waals surface area contributed by atoms with Crippen molar-refractivity contribution >= 4 is 17.7 Å². The normalized spacial score (nSPS) is 28.9. The van der Waals surface area contributed by atoms with E-state index in [-0.39, 0.29) is 30.2 Å². The number of fused-ring (bicyclic) bond motifs is 1. The van der Waals surface area contributed by atoms with Gasteiger partial charge in [0.15, 0.2) is 0 Å². The molecule has 1 aliphatic carbocycles. The van der Waals surface area contributed by atoms with Crippen LogP contribution in [0.4, 0.5) is 0 Å². The van der Waals surface area contributed by atoms with Gasteiger partial charge in [-0.3, -0.25) is 24.6 Å². The third kappa shape index (κ3) is 4.22. The lowest BCUT2D eigenvalue weighted by atomic mass is 9.99. The fourth-order valence-corrected chi connectivity index (χ4v) is 6.35. The molecule has 6 rings (SSSR count). The number of nitrogens with zero attached hydrogens (tertiary/aromatic N) is 2. The molecular weight excluding hydrogens is 442 g/mol. The first-order valence-corrected chi connectivity index (χ1v) is 12.8. The maximum Gasteiger partial charge on any atom is 0.255 e. The summed E-state index contributed by atoms with van der Waals surface area (Å²) in [7, 11) is 0. The SMILES string of the molecule is O=C1CCC(N2Cc3cc(O[C@H]4CCC[C@H]4N4CC[C@@H](c5ccccc5)C4)ccc3C2=O)C(=O)N1. The van der Waals surface area contributed by atoms with Crippen molar-refractivity contribution < 1.29 is 19.1 Å². The van der Waals surface area contributed by atoms with Gasteiger partial charge in [-0.05, 0) is 73.9 Å². The number of amides is 3. The minimum Gasteiger partial charge on any atom is -0.489 e. The second-order valence-corrected chi connectivity index (χ2v) is 10.3. The van der Waals surface area contributed by atoms with Crippen molar-refractivity contribution in [2.24, 2.45) is 0 Å². The van der Waals surface area contributed by atoms with Crippen molar-refractivity contribution in [2.45, 2.75) is 69.2 Å². The van der Waals surface area contributed by atoms with Gasteiger partial charge in [-0.2, -0.15) is 0 Å². The van der Waals surface area contributed by atoms with E-state index in [1.54, 1.807) is 4.90 Å². The smallest absolute Gasteiger partial charge is 0.255 e. The summed E-state index contributed by atoms with van der Waals surface area (Å²) in [6.45, 7) is 2.55. The molecule has 7 nitrogen and oxygen atoms in total. The van der Waals surface area contributed by atoms with Gasteiger partial charge in [0.2, 0.25) is 11.8 Å². The van der Waals surface area contributed by atoms with Gasteiger partial charge >= 0.3 is 0 Å². The van der Waals surface area contributed by atoms with E-state index in [9.17, 15) is 14.4 Å². The van der Waals surface area contributed by atoms with Gasteiger partial charge in [-0.1, -0.05) is 30.3 Å². The number of likely N-dealkylation sites (tertiary alicyclic amines) is 1. The molecular formula is C28H31N3O4. The van der Waals surface area contributed by atoms with Crippen molar-refractivity contribution in [2.75, 3.05) is 13.1 Å². The molecule has 0 bridgehead atoms. The Balaban J connectivity index is 1.12. The number of carbonyl (C=O) groups excluding carboxylic acids is 3. The van der Waals surface area contributed by atoms with Crippen LogP contribution in [0.25, 0.3) is 0 Å². The van der Waals surface area contributed by atoms with Crippen LogP contribution in [0.1, 0.15) is 65.9 Å². The van der Waals surface area contributed by atoms with Crippen molar-refractivity contribution in [1.82, 2.24) is 15.1 Å². The van der Waals surface area contributed by atoms with E-state index < -0.39 is 6.04 Å². The summed E-state index contributed by atoms with van der Waals surface area (Å²) in [5.41, 5.74) is 2.93. The molecule has 2 aromatic rings. The number of ether oxygens (including phenoxy) is 1. The van der Waals surface area contributed by atoms with Gasteiger partial charge in [0.1, 0.15) is 17.9 Å². The lowest BCUT2D eigenvalue weighted by Gasteiger charge is -2.30. The number of rotatable bonds is 5. The van der Waals surface area contributed by atoms with Crippen molar-refractivity contribution in [1.29, 1.82) is 0 Å². The molecule has 0 radical (unpaired) electrons. The van der Waals surface area contributed by atoms with E-state index in [1.807, 2.05) is 18.2 Å². The summed E-state index contributed by atoms with van der Waals surface area (Å²) in [5, 5.41) is 2.36. The van der Waals surface area contributed by atoms with Gasteiger partial charge in [0.05, 0.1) is 0 Å². The topological polar surface area (TPSA) is 79.0 Å². The van der Waals surface area contributed by atoms with E-state index in [1.165, 1.54) is 12.0 Å². The van der Waals surface area contributed by atoms with Crippen LogP contribution in [0.3, 0.4) is 0 Å². The quantitative estimate of drug-likeness (QED) is 0.675. The van der Waals surface area contributed by atoms with Crippen molar-refractivity contribution in [3.63, 3.8) is 0 Å². The van der Waals surface area contributed by atoms with E-state index in [2.05, 4.69) is 40.5 Å². The fraction of sp³-hybridized carbons (Fsp3) is 0.464. The lowest BCUT2D eigenvalue weighted by molar-refractivity contribution is -0.136. The van der Waals surface area contributed by atoms with Gasteiger partial charge in [-0.25, -0.2) is 0 Å². The number of benzene rings is 2.